The van der Waals surface area contributed by atoms with Gasteiger partial charge in [-0.1, -0.05) is 146 Å². The highest BCUT2D eigenvalue weighted by Gasteiger charge is 2.47. The van der Waals surface area contributed by atoms with Crippen molar-refractivity contribution in [2.24, 2.45) is 0 Å². The molecule has 6 aromatic carbocycles. The van der Waals surface area contributed by atoms with E-state index in [2.05, 4.69) is 107 Å². The predicted molar refractivity (Wildman–Crippen MR) is 200 cm³/mol. The molecule has 5 nitrogen and oxygen atoms in total. The van der Waals surface area contributed by atoms with Crippen molar-refractivity contribution >= 4 is 21.8 Å². The van der Waals surface area contributed by atoms with Crippen LogP contribution in [-0.4, -0.2) is 24.5 Å². The van der Waals surface area contributed by atoms with Crippen molar-refractivity contribution in [1.29, 1.82) is 0 Å². The summed E-state index contributed by atoms with van der Waals surface area (Å²) < 4.78 is 2.21. The third-order valence-electron chi connectivity index (χ3n) is 10.0. The lowest BCUT2D eigenvalue weighted by atomic mass is 9.68. The molecule has 0 radical (unpaired) electrons. The Morgan fingerprint density at radius 2 is 1.08 bits per heavy atom. The first-order valence-electron chi connectivity index (χ1n) is 16.8. The molecule has 1 atom stereocenters. The number of para-hydroxylation sites is 1. The van der Waals surface area contributed by atoms with Crippen molar-refractivity contribution in [3.05, 3.63) is 198 Å². The van der Waals surface area contributed by atoms with Crippen LogP contribution in [-0.2, 0) is 5.41 Å². The van der Waals surface area contributed by atoms with Gasteiger partial charge in [0, 0.05) is 34.3 Å². The van der Waals surface area contributed by atoms with E-state index in [0.717, 1.165) is 33.1 Å². The van der Waals surface area contributed by atoms with Gasteiger partial charge in [0.15, 0.2) is 11.6 Å². The van der Waals surface area contributed by atoms with E-state index in [9.17, 15) is 0 Å². The molecule has 0 saturated heterocycles. The van der Waals surface area contributed by atoms with Crippen LogP contribution in [0.2, 0.25) is 0 Å². The maximum Gasteiger partial charge on any atom is 0.238 e. The molecule has 3 heterocycles. The molecule has 9 aromatic rings. The summed E-state index contributed by atoms with van der Waals surface area (Å²) in [4.78, 5) is 19.9. The van der Waals surface area contributed by atoms with Crippen LogP contribution in [0.4, 0.5) is 0 Å². The third-order valence-corrected chi connectivity index (χ3v) is 10.0. The average Bonchev–Trinajstić information content (AvgIpc) is 3.70. The highest BCUT2D eigenvalue weighted by molar-refractivity contribution is 6.18. The maximum atomic E-state index is 5.17. The molecule has 0 saturated carbocycles. The highest BCUT2D eigenvalue weighted by Crippen LogP contribution is 2.58. The normalized spacial score (nSPS) is 14.9. The molecule has 0 aliphatic heterocycles. The van der Waals surface area contributed by atoms with Gasteiger partial charge in [-0.2, -0.15) is 9.97 Å². The lowest BCUT2D eigenvalue weighted by Gasteiger charge is -2.33. The zero-order valence-corrected chi connectivity index (χ0v) is 27.0. The molecular formula is C45H29N5. The van der Waals surface area contributed by atoms with Gasteiger partial charge in [0.2, 0.25) is 5.95 Å². The van der Waals surface area contributed by atoms with Crippen molar-refractivity contribution < 1.29 is 0 Å². The smallest absolute Gasteiger partial charge is 0.238 e. The van der Waals surface area contributed by atoms with Crippen molar-refractivity contribution in [2.45, 2.75) is 5.41 Å². The number of hydrogen-bond donors (Lipinski definition) is 0. The van der Waals surface area contributed by atoms with E-state index in [1.807, 2.05) is 79.1 Å². The van der Waals surface area contributed by atoms with E-state index in [0.29, 0.717) is 17.6 Å². The zero-order valence-electron chi connectivity index (χ0n) is 27.0. The number of pyridine rings is 1. The highest BCUT2D eigenvalue weighted by atomic mass is 15.2. The van der Waals surface area contributed by atoms with Crippen LogP contribution in [0.25, 0.3) is 61.7 Å². The van der Waals surface area contributed by atoms with Crippen LogP contribution in [0.1, 0.15) is 22.3 Å². The summed E-state index contributed by atoms with van der Waals surface area (Å²) >= 11 is 0. The molecule has 0 fully saturated rings. The van der Waals surface area contributed by atoms with Crippen LogP contribution in [0.15, 0.2) is 176 Å². The second-order valence-corrected chi connectivity index (χ2v) is 12.7. The van der Waals surface area contributed by atoms with Crippen LogP contribution >= 0.6 is 0 Å². The topological polar surface area (TPSA) is 56.5 Å². The fraction of sp³-hybridized carbons (Fsp3) is 0.0222. The van der Waals surface area contributed by atoms with Crippen molar-refractivity contribution in [3.63, 3.8) is 0 Å². The van der Waals surface area contributed by atoms with Gasteiger partial charge in [-0.05, 0) is 51.6 Å². The molecule has 1 aliphatic carbocycles. The maximum absolute atomic E-state index is 5.17. The van der Waals surface area contributed by atoms with Crippen LogP contribution in [0.5, 0.6) is 0 Å². The third kappa shape index (κ3) is 4.07. The minimum absolute atomic E-state index is 0.549. The summed E-state index contributed by atoms with van der Waals surface area (Å²) in [6.07, 6.45) is 3.87. The molecular weight excluding hydrogens is 611 g/mol. The Hall–Kier alpha value is -6.72. The van der Waals surface area contributed by atoms with Crippen molar-refractivity contribution in [1.82, 2.24) is 24.5 Å². The van der Waals surface area contributed by atoms with Gasteiger partial charge in [-0.25, -0.2) is 4.98 Å². The van der Waals surface area contributed by atoms with Gasteiger partial charge < -0.3 is 0 Å². The first-order chi connectivity index (χ1) is 24.8. The van der Waals surface area contributed by atoms with E-state index >= 15 is 0 Å². The average molecular weight is 640 g/mol. The van der Waals surface area contributed by atoms with Crippen molar-refractivity contribution in [3.8, 4) is 39.9 Å². The molecule has 0 N–H and O–H groups in total. The number of aromatic nitrogens is 5. The summed E-state index contributed by atoms with van der Waals surface area (Å²) in [7, 11) is 0. The largest absolute Gasteiger partial charge is 0.278 e. The SMILES string of the molecule is c1ccc(-c2nc(-c3ccccc3)nc(-n3c4ccccc4c4c5c(ccc43)C(c3ccccc3)(c3cccnc3)c3ccccc3-5)n2)cc1. The lowest BCUT2D eigenvalue weighted by molar-refractivity contribution is 0.763. The monoisotopic (exact) mass is 639 g/mol. The van der Waals surface area contributed by atoms with Gasteiger partial charge in [0.25, 0.3) is 0 Å². The Kier molecular flexibility index (Phi) is 6.33. The van der Waals surface area contributed by atoms with E-state index in [1.54, 1.807) is 0 Å². The van der Waals surface area contributed by atoms with E-state index in [1.165, 1.54) is 33.2 Å². The Morgan fingerprint density at radius 1 is 0.460 bits per heavy atom. The molecule has 234 valence electrons. The lowest BCUT2D eigenvalue weighted by Crippen LogP contribution is -2.28. The van der Waals surface area contributed by atoms with Gasteiger partial charge >= 0.3 is 0 Å². The second kappa shape index (κ2) is 11.2. The fourth-order valence-electron chi connectivity index (χ4n) is 8.00. The predicted octanol–water partition coefficient (Wildman–Crippen LogP) is 10.1. The molecule has 3 aromatic heterocycles. The van der Waals surface area contributed by atoms with Gasteiger partial charge in [0.1, 0.15) is 0 Å². The van der Waals surface area contributed by atoms with E-state index in [4.69, 9.17) is 15.0 Å². The molecule has 50 heavy (non-hydrogen) atoms. The van der Waals surface area contributed by atoms with E-state index in [-0.39, 0.29) is 0 Å². The minimum atomic E-state index is -0.549. The quantitative estimate of drug-likeness (QED) is 0.188. The summed E-state index contributed by atoms with van der Waals surface area (Å²) in [6.45, 7) is 0. The number of hydrogen-bond acceptors (Lipinski definition) is 4. The summed E-state index contributed by atoms with van der Waals surface area (Å²) in [5.41, 5.74) is 10.7. The Balaban J connectivity index is 1.33. The zero-order chi connectivity index (χ0) is 33.1. The molecule has 1 aliphatic rings. The standard InChI is InChI=1S/C45H29N5/c1-4-15-30(16-5-1)42-47-43(31-17-6-2-7-18-31)49-44(48-42)50-38-25-13-11-23-35(38)41-39(50)27-26-37-40(41)34-22-10-12-24-36(34)45(37,32-19-8-3-9-20-32)33-21-14-28-46-29-33/h1-29H. The Labute approximate surface area is 289 Å². The Morgan fingerprint density at radius 3 is 1.78 bits per heavy atom. The molecule has 5 heteroatoms. The summed E-state index contributed by atoms with van der Waals surface area (Å²) in [5, 5.41) is 2.32. The molecule has 10 rings (SSSR count). The van der Waals surface area contributed by atoms with Gasteiger partial charge in [-0.15, -0.1) is 0 Å². The van der Waals surface area contributed by atoms with Gasteiger partial charge in [0.05, 0.1) is 16.4 Å². The first-order valence-corrected chi connectivity index (χ1v) is 16.8. The molecule has 1 unspecified atom stereocenters. The van der Waals surface area contributed by atoms with Crippen LogP contribution < -0.4 is 0 Å². The van der Waals surface area contributed by atoms with Crippen LogP contribution in [0.3, 0.4) is 0 Å². The fourth-order valence-corrected chi connectivity index (χ4v) is 8.00. The summed E-state index contributed by atoms with van der Waals surface area (Å²) in [6, 6.07) is 57.4. The Bertz CT molecular complexity index is 2590. The van der Waals surface area contributed by atoms with E-state index < -0.39 is 5.41 Å². The number of fused-ring (bicyclic) bond motifs is 7. The van der Waals surface area contributed by atoms with Crippen LogP contribution in [0, 0.1) is 0 Å². The number of nitrogens with zero attached hydrogens (tertiary/aromatic N) is 5. The molecule has 0 bridgehead atoms. The summed E-state index contributed by atoms with van der Waals surface area (Å²) in [5.74, 6) is 1.84. The van der Waals surface area contributed by atoms with Crippen molar-refractivity contribution in [2.75, 3.05) is 0 Å². The second-order valence-electron chi connectivity index (χ2n) is 12.7. The first kappa shape index (κ1) is 28.3. The number of benzene rings is 6. The molecule has 0 spiro atoms. The molecule has 0 amide bonds. The van der Waals surface area contributed by atoms with Gasteiger partial charge in [-0.3, -0.25) is 9.55 Å². The minimum Gasteiger partial charge on any atom is -0.278 e. The number of rotatable bonds is 5.